The van der Waals surface area contributed by atoms with Crippen LogP contribution < -0.4 is 5.32 Å². The van der Waals surface area contributed by atoms with Crippen LogP contribution in [0.25, 0.3) is 0 Å². The zero-order chi connectivity index (χ0) is 14.5. The molecule has 1 aliphatic carbocycles. The number of esters is 1. The number of hydrogen-bond donors (Lipinski definition) is 1. The van der Waals surface area contributed by atoms with E-state index in [-0.39, 0.29) is 5.97 Å². The second-order valence-corrected chi connectivity index (χ2v) is 6.69. The van der Waals surface area contributed by atoms with Crippen LogP contribution in [-0.2, 0) is 16.0 Å². The van der Waals surface area contributed by atoms with Crippen molar-refractivity contribution in [2.45, 2.75) is 52.0 Å². The molecule has 0 bridgehead atoms. The number of nitrogens with zero attached hydrogens (tertiary/aromatic N) is 1. The third kappa shape index (κ3) is 4.20. The number of nitrogens with one attached hydrogen (secondary N) is 1. The number of anilines is 1. The fourth-order valence-electron chi connectivity index (χ4n) is 2.67. The number of ether oxygens (including phenoxy) is 1. The Labute approximate surface area is 124 Å². The molecule has 0 radical (unpaired) electrons. The molecule has 1 aromatic rings. The fourth-order valence-corrected chi connectivity index (χ4v) is 3.50. The largest absolute Gasteiger partial charge is 0.469 e. The first-order valence-electron chi connectivity index (χ1n) is 7.36. The van der Waals surface area contributed by atoms with Crippen molar-refractivity contribution in [1.29, 1.82) is 0 Å². The van der Waals surface area contributed by atoms with Crippen LogP contribution in [0.15, 0.2) is 5.38 Å². The highest BCUT2D eigenvalue weighted by molar-refractivity contribution is 7.13. The number of hydrogen-bond acceptors (Lipinski definition) is 5. The van der Waals surface area contributed by atoms with Gasteiger partial charge in [0.05, 0.1) is 19.2 Å². The first-order chi connectivity index (χ1) is 9.58. The van der Waals surface area contributed by atoms with Gasteiger partial charge in [-0.2, -0.15) is 0 Å². The Morgan fingerprint density at radius 1 is 1.45 bits per heavy atom. The number of thiazole rings is 1. The maximum absolute atomic E-state index is 11.1. The van der Waals surface area contributed by atoms with E-state index in [2.05, 4.69) is 28.9 Å². The summed E-state index contributed by atoms with van der Waals surface area (Å²) < 4.78 is 4.64. The fraction of sp³-hybridized carbons (Fsp3) is 0.733. The van der Waals surface area contributed by atoms with Gasteiger partial charge in [0, 0.05) is 17.8 Å². The Hall–Kier alpha value is -1.10. The first kappa shape index (κ1) is 15.3. The summed E-state index contributed by atoms with van der Waals surface area (Å²) in [6.45, 7) is 4.68. The van der Waals surface area contributed by atoms with Crippen molar-refractivity contribution >= 4 is 22.4 Å². The molecule has 20 heavy (non-hydrogen) atoms. The predicted octanol–water partition coefficient (Wildman–Crippen LogP) is 3.49. The van der Waals surface area contributed by atoms with Gasteiger partial charge in [-0.3, -0.25) is 4.79 Å². The van der Waals surface area contributed by atoms with Crippen molar-refractivity contribution in [1.82, 2.24) is 4.98 Å². The van der Waals surface area contributed by atoms with Crippen molar-refractivity contribution < 1.29 is 9.53 Å². The van der Waals surface area contributed by atoms with Gasteiger partial charge in [0.1, 0.15) is 0 Å². The van der Waals surface area contributed by atoms with Crippen LogP contribution in [-0.4, -0.2) is 24.1 Å². The van der Waals surface area contributed by atoms with Crippen LogP contribution in [0.5, 0.6) is 0 Å². The lowest BCUT2D eigenvalue weighted by molar-refractivity contribution is -0.140. The summed E-state index contributed by atoms with van der Waals surface area (Å²) in [7, 11) is 1.42. The van der Waals surface area contributed by atoms with E-state index in [1.54, 1.807) is 11.3 Å². The number of rotatable bonds is 5. The van der Waals surface area contributed by atoms with E-state index in [9.17, 15) is 4.79 Å². The standard InChI is InChI=1S/C15H24N2O2S/c1-10-4-5-12(8-11(10)2)16-15-17-13(9-20-15)6-7-14(18)19-3/h9-12H,4-8H2,1-3H3,(H,16,17). The van der Waals surface area contributed by atoms with Crippen LogP contribution in [0, 0.1) is 11.8 Å². The van der Waals surface area contributed by atoms with E-state index in [0.717, 1.165) is 22.7 Å². The Kier molecular flexibility index (Phi) is 5.40. The van der Waals surface area contributed by atoms with Gasteiger partial charge in [-0.1, -0.05) is 13.8 Å². The van der Waals surface area contributed by atoms with E-state index in [1.807, 2.05) is 5.38 Å². The van der Waals surface area contributed by atoms with Gasteiger partial charge in [0.2, 0.25) is 0 Å². The Morgan fingerprint density at radius 3 is 2.95 bits per heavy atom. The summed E-state index contributed by atoms with van der Waals surface area (Å²) in [4.78, 5) is 15.7. The second kappa shape index (κ2) is 7.07. The smallest absolute Gasteiger partial charge is 0.305 e. The molecule has 2 rings (SSSR count). The maximum atomic E-state index is 11.1. The average Bonchev–Trinajstić information content (AvgIpc) is 2.88. The molecule has 0 saturated heterocycles. The van der Waals surface area contributed by atoms with E-state index in [1.165, 1.54) is 26.4 Å². The average molecular weight is 296 g/mol. The van der Waals surface area contributed by atoms with Crippen LogP contribution >= 0.6 is 11.3 Å². The number of aryl methyl sites for hydroxylation is 1. The lowest BCUT2D eigenvalue weighted by Gasteiger charge is -2.32. The van der Waals surface area contributed by atoms with E-state index in [0.29, 0.717) is 18.9 Å². The molecular formula is C15H24N2O2S. The molecule has 0 aromatic carbocycles. The number of carbonyl (C=O) groups is 1. The van der Waals surface area contributed by atoms with E-state index in [4.69, 9.17) is 0 Å². The molecule has 0 spiro atoms. The van der Waals surface area contributed by atoms with E-state index >= 15 is 0 Å². The zero-order valence-corrected chi connectivity index (χ0v) is 13.3. The third-order valence-electron chi connectivity index (χ3n) is 4.29. The zero-order valence-electron chi connectivity index (χ0n) is 12.5. The molecule has 112 valence electrons. The lowest BCUT2D eigenvalue weighted by atomic mass is 9.79. The van der Waals surface area contributed by atoms with Crippen molar-refractivity contribution in [3.63, 3.8) is 0 Å². The lowest BCUT2D eigenvalue weighted by Crippen LogP contribution is -2.30. The summed E-state index contributed by atoms with van der Waals surface area (Å²) in [5.74, 6) is 1.43. The molecule has 1 fully saturated rings. The quantitative estimate of drug-likeness (QED) is 0.845. The molecule has 4 nitrogen and oxygen atoms in total. The molecule has 1 N–H and O–H groups in total. The highest BCUT2D eigenvalue weighted by Gasteiger charge is 2.24. The molecule has 1 aromatic heterocycles. The minimum Gasteiger partial charge on any atom is -0.469 e. The first-order valence-corrected chi connectivity index (χ1v) is 8.24. The van der Waals surface area contributed by atoms with Crippen molar-refractivity contribution in [3.05, 3.63) is 11.1 Å². The van der Waals surface area contributed by atoms with E-state index < -0.39 is 0 Å². The van der Waals surface area contributed by atoms with Crippen LogP contribution in [0.3, 0.4) is 0 Å². The van der Waals surface area contributed by atoms with Gasteiger partial charge >= 0.3 is 5.97 Å². The number of methoxy groups -OCH3 is 1. The summed E-state index contributed by atoms with van der Waals surface area (Å²) in [6, 6.07) is 0.542. The predicted molar refractivity (Wildman–Crippen MR) is 82.0 cm³/mol. The molecule has 0 aliphatic heterocycles. The molecule has 3 unspecified atom stereocenters. The Bertz CT molecular complexity index is 447. The van der Waals surface area contributed by atoms with Gasteiger partial charge in [-0.25, -0.2) is 4.98 Å². The van der Waals surface area contributed by atoms with Crippen LogP contribution in [0.4, 0.5) is 5.13 Å². The highest BCUT2D eigenvalue weighted by Crippen LogP contribution is 2.31. The topological polar surface area (TPSA) is 51.2 Å². The minimum atomic E-state index is -0.178. The van der Waals surface area contributed by atoms with Crippen molar-refractivity contribution in [2.75, 3.05) is 12.4 Å². The highest BCUT2D eigenvalue weighted by atomic mass is 32.1. The molecule has 1 saturated carbocycles. The summed E-state index contributed by atoms with van der Waals surface area (Å²) in [5.41, 5.74) is 0.972. The molecule has 1 heterocycles. The van der Waals surface area contributed by atoms with Crippen LogP contribution in [0.1, 0.15) is 45.2 Å². The number of aromatic nitrogens is 1. The normalized spacial score (nSPS) is 26.2. The molecule has 0 amide bonds. The minimum absolute atomic E-state index is 0.178. The van der Waals surface area contributed by atoms with Gasteiger partial charge in [0.15, 0.2) is 5.13 Å². The Morgan fingerprint density at radius 2 is 2.25 bits per heavy atom. The van der Waals surface area contributed by atoms with Crippen molar-refractivity contribution in [2.24, 2.45) is 11.8 Å². The SMILES string of the molecule is COC(=O)CCc1csc(NC2CCC(C)C(C)C2)n1. The van der Waals surface area contributed by atoms with Gasteiger partial charge in [-0.05, 0) is 31.1 Å². The summed E-state index contributed by atoms with van der Waals surface area (Å²) in [6.07, 6.45) is 4.79. The maximum Gasteiger partial charge on any atom is 0.305 e. The molecule has 3 atom stereocenters. The molecule has 5 heteroatoms. The third-order valence-corrected chi connectivity index (χ3v) is 5.11. The molecule has 1 aliphatic rings. The van der Waals surface area contributed by atoms with Crippen LogP contribution in [0.2, 0.25) is 0 Å². The van der Waals surface area contributed by atoms with Crippen molar-refractivity contribution in [3.8, 4) is 0 Å². The monoisotopic (exact) mass is 296 g/mol. The Balaban J connectivity index is 1.82. The summed E-state index contributed by atoms with van der Waals surface area (Å²) in [5, 5.41) is 6.56. The number of carbonyl (C=O) groups excluding carboxylic acids is 1. The summed E-state index contributed by atoms with van der Waals surface area (Å²) >= 11 is 1.63. The van der Waals surface area contributed by atoms with Gasteiger partial charge < -0.3 is 10.1 Å². The second-order valence-electron chi connectivity index (χ2n) is 5.83. The van der Waals surface area contributed by atoms with Gasteiger partial charge in [-0.15, -0.1) is 11.3 Å². The molecular weight excluding hydrogens is 272 g/mol. The van der Waals surface area contributed by atoms with Gasteiger partial charge in [0.25, 0.3) is 0 Å².